The third-order valence-electron chi connectivity index (χ3n) is 2.46. The maximum atomic E-state index is 10.6. The molecular weight excluding hydrogens is 286 g/mol. The molecule has 0 aliphatic rings. The second-order valence-electron chi connectivity index (χ2n) is 3.74. The van der Waals surface area contributed by atoms with Crippen molar-refractivity contribution in [1.29, 1.82) is 0 Å². The number of hydrogen-bond donors (Lipinski definition) is 1. The van der Waals surface area contributed by atoms with Crippen LogP contribution in [0.3, 0.4) is 0 Å². The Bertz CT molecular complexity index is 583. The van der Waals surface area contributed by atoms with E-state index in [4.69, 9.17) is 16.7 Å². The maximum Gasteiger partial charge on any atom is 0.313 e. The zero-order chi connectivity index (χ0) is 13.8. The molecule has 0 saturated heterocycles. The van der Waals surface area contributed by atoms with E-state index in [1.807, 2.05) is 23.6 Å². The van der Waals surface area contributed by atoms with Crippen LogP contribution in [0.5, 0.6) is 0 Å². The van der Waals surface area contributed by atoms with Gasteiger partial charge >= 0.3 is 5.97 Å². The highest BCUT2D eigenvalue weighted by Crippen LogP contribution is 2.24. The van der Waals surface area contributed by atoms with E-state index in [2.05, 4.69) is 10.2 Å². The summed E-state index contributed by atoms with van der Waals surface area (Å²) in [6, 6.07) is 7.31. The van der Waals surface area contributed by atoms with Crippen LogP contribution in [-0.2, 0) is 11.3 Å². The summed E-state index contributed by atoms with van der Waals surface area (Å²) in [7, 11) is 0. The third-order valence-corrected chi connectivity index (χ3v) is 3.66. The topological polar surface area (TPSA) is 68.0 Å². The second kappa shape index (κ2) is 6.08. The molecule has 1 aromatic carbocycles. The fourth-order valence-electron chi connectivity index (χ4n) is 1.62. The molecule has 0 radical (unpaired) electrons. The molecule has 1 aromatic heterocycles. The van der Waals surface area contributed by atoms with Crippen molar-refractivity contribution in [1.82, 2.24) is 14.8 Å². The molecule has 0 bridgehead atoms. The molecule has 19 heavy (non-hydrogen) atoms. The van der Waals surface area contributed by atoms with Gasteiger partial charge in [0, 0.05) is 17.1 Å². The minimum absolute atomic E-state index is 0.0290. The number of carbonyl (C=O) groups is 1. The number of hydrogen-bond acceptors (Lipinski definition) is 4. The Morgan fingerprint density at radius 3 is 2.63 bits per heavy atom. The quantitative estimate of drug-likeness (QED) is 0.860. The molecule has 0 atom stereocenters. The highest BCUT2D eigenvalue weighted by molar-refractivity contribution is 7.99. The first kappa shape index (κ1) is 13.9. The van der Waals surface area contributed by atoms with Crippen molar-refractivity contribution >= 4 is 29.3 Å². The minimum Gasteiger partial charge on any atom is -0.481 e. The summed E-state index contributed by atoms with van der Waals surface area (Å²) in [6.07, 6.45) is 0. The van der Waals surface area contributed by atoms with Crippen molar-refractivity contribution in [2.75, 3.05) is 5.75 Å². The maximum absolute atomic E-state index is 10.6. The number of benzene rings is 1. The molecule has 7 heteroatoms. The van der Waals surface area contributed by atoms with E-state index in [-0.39, 0.29) is 5.75 Å². The third kappa shape index (κ3) is 3.27. The first-order valence-electron chi connectivity index (χ1n) is 5.65. The van der Waals surface area contributed by atoms with Gasteiger partial charge in [0.15, 0.2) is 11.0 Å². The van der Waals surface area contributed by atoms with Gasteiger partial charge in [0.25, 0.3) is 0 Å². The Labute approximate surface area is 119 Å². The van der Waals surface area contributed by atoms with Gasteiger partial charge in [-0.15, -0.1) is 10.2 Å². The van der Waals surface area contributed by atoms with Crippen LogP contribution < -0.4 is 0 Å². The SMILES string of the molecule is CCn1c(SCC(=O)O)nnc1-c1ccc(Cl)cc1. The molecule has 1 N–H and O–H groups in total. The average Bonchev–Trinajstić information content (AvgIpc) is 2.80. The van der Waals surface area contributed by atoms with E-state index >= 15 is 0 Å². The van der Waals surface area contributed by atoms with Crippen molar-refractivity contribution in [3.63, 3.8) is 0 Å². The van der Waals surface area contributed by atoms with Crippen LogP contribution in [0.25, 0.3) is 11.4 Å². The largest absolute Gasteiger partial charge is 0.481 e. The Kier molecular flexibility index (Phi) is 4.44. The monoisotopic (exact) mass is 297 g/mol. The summed E-state index contributed by atoms with van der Waals surface area (Å²) >= 11 is 7.01. The molecule has 0 aliphatic carbocycles. The molecule has 0 spiro atoms. The van der Waals surface area contributed by atoms with Crippen molar-refractivity contribution in [3.05, 3.63) is 29.3 Å². The fraction of sp³-hybridized carbons (Fsp3) is 0.250. The number of rotatable bonds is 5. The number of aromatic nitrogens is 3. The zero-order valence-electron chi connectivity index (χ0n) is 10.2. The molecule has 0 unspecified atom stereocenters. The number of nitrogens with zero attached hydrogens (tertiary/aromatic N) is 3. The lowest BCUT2D eigenvalue weighted by atomic mass is 10.2. The summed E-state index contributed by atoms with van der Waals surface area (Å²) in [5, 5.41) is 18.1. The summed E-state index contributed by atoms with van der Waals surface area (Å²) in [4.78, 5) is 10.6. The molecule has 5 nitrogen and oxygen atoms in total. The molecule has 1 heterocycles. The van der Waals surface area contributed by atoms with Crippen LogP contribution in [0.4, 0.5) is 0 Å². The van der Waals surface area contributed by atoms with Gasteiger partial charge in [-0.1, -0.05) is 23.4 Å². The van der Waals surface area contributed by atoms with Crippen molar-refractivity contribution < 1.29 is 9.90 Å². The van der Waals surface area contributed by atoms with Gasteiger partial charge in [-0.3, -0.25) is 4.79 Å². The van der Waals surface area contributed by atoms with E-state index in [9.17, 15) is 4.79 Å². The second-order valence-corrected chi connectivity index (χ2v) is 5.12. The van der Waals surface area contributed by atoms with E-state index in [1.54, 1.807) is 12.1 Å². The Morgan fingerprint density at radius 2 is 2.05 bits per heavy atom. The predicted molar refractivity (Wildman–Crippen MR) is 74.5 cm³/mol. The number of carboxylic acid groups (broad SMARTS) is 1. The van der Waals surface area contributed by atoms with Crippen LogP contribution in [0.2, 0.25) is 5.02 Å². The number of aliphatic carboxylic acids is 1. The summed E-state index contributed by atoms with van der Waals surface area (Å²) in [6.45, 7) is 2.64. The van der Waals surface area contributed by atoms with E-state index in [0.717, 1.165) is 17.3 Å². The normalized spacial score (nSPS) is 10.6. The van der Waals surface area contributed by atoms with Gasteiger partial charge in [0.1, 0.15) is 0 Å². The van der Waals surface area contributed by atoms with Crippen LogP contribution in [0.15, 0.2) is 29.4 Å². The Hall–Kier alpha value is -1.53. The standard InChI is InChI=1S/C12H12ClN3O2S/c1-2-16-11(8-3-5-9(13)6-4-8)14-15-12(16)19-7-10(17)18/h3-6H,2,7H2,1H3,(H,17,18). The smallest absolute Gasteiger partial charge is 0.313 e. The number of halogens is 1. The molecule has 0 aliphatic heterocycles. The molecule has 0 fully saturated rings. The van der Waals surface area contributed by atoms with Crippen molar-refractivity contribution in [3.8, 4) is 11.4 Å². The van der Waals surface area contributed by atoms with Crippen molar-refractivity contribution in [2.45, 2.75) is 18.6 Å². The Morgan fingerprint density at radius 1 is 1.37 bits per heavy atom. The summed E-state index contributed by atoms with van der Waals surface area (Å²) < 4.78 is 1.89. The first-order chi connectivity index (χ1) is 9.11. The summed E-state index contributed by atoms with van der Waals surface area (Å²) in [5.74, 6) is -0.186. The zero-order valence-corrected chi connectivity index (χ0v) is 11.8. The molecular formula is C12H12ClN3O2S. The van der Waals surface area contributed by atoms with Gasteiger partial charge in [-0.2, -0.15) is 0 Å². The van der Waals surface area contributed by atoms with E-state index < -0.39 is 5.97 Å². The molecule has 2 aromatic rings. The lowest BCUT2D eigenvalue weighted by molar-refractivity contribution is -0.133. The fourth-order valence-corrected chi connectivity index (χ4v) is 2.47. The van der Waals surface area contributed by atoms with Crippen LogP contribution >= 0.6 is 23.4 Å². The lowest BCUT2D eigenvalue weighted by Crippen LogP contribution is -2.03. The molecule has 2 rings (SSSR count). The summed E-state index contributed by atoms with van der Waals surface area (Å²) in [5.41, 5.74) is 0.904. The first-order valence-corrected chi connectivity index (χ1v) is 7.02. The lowest BCUT2D eigenvalue weighted by Gasteiger charge is -2.06. The van der Waals surface area contributed by atoms with Gasteiger partial charge in [0.2, 0.25) is 0 Å². The highest BCUT2D eigenvalue weighted by Gasteiger charge is 2.14. The highest BCUT2D eigenvalue weighted by atomic mass is 35.5. The molecule has 0 saturated carbocycles. The van der Waals surface area contributed by atoms with Crippen LogP contribution in [0.1, 0.15) is 6.92 Å². The van der Waals surface area contributed by atoms with E-state index in [1.165, 1.54) is 0 Å². The minimum atomic E-state index is -0.872. The van der Waals surface area contributed by atoms with E-state index in [0.29, 0.717) is 22.5 Å². The van der Waals surface area contributed by atoms with Gasteiger partial charge < -0.3 is 9.67 Å². The number of thioether (sulfide) groups is 1. The Balaban J connectivity index is 2.31. The average molecular weight is 298 g/mol. The molecule has 0 amide bonds. The van der Waals surface area contributed by atoms with Gasteiger partial charge in [-0.05, 0) is 31.2 Å². The van der Waals surface area contributed by atoms with Crippen LogP contribution in [-0.4, -0.2) is 31.6 Å². The molecule has 100 valence electrons. The van der Waals surface area contributed by atoms with Gasteiger partial charge in [0.05, 0.1) is 5.75 Å². The van der Waals surface area contributed by atoms with Gasteiger partial charge in [-0.25, -0.2) is 0 Å². The predicted octanol–water partition coefficient (Wildman–Crippen LogP) is 2.80. The van der Waals surface area contributed by atoms with Crippen molar-refractivity contribution in [2.24, 2.45) is 0 Å². The van der Waals surface area contributed by atoms with Crippen LogP contribution in [0, 0.1) is 0 Å². The number of carboxylic acids is 1.